The van der Waals surface area contributed by atoms with Gasteiger partial charge in [0.25, 0.3) is 0 Å². The van der Waals surface area contributed by atoms with Crippen LogP contribution >= 0.6 is 0 Å². The summed E-state index contributed by atoms with van der Waals surface area (Å²) in [6, 6.07) is 11.9. The monoisotopic (exact) mass is 485 g/mol. The Kier molecular flexibility index (Phi) is 6.09. The second-order valence-electron chi connectivity index (χ2n) is 8.19. The van der Waals surface area contributed by atoms with Gasteiger partial charge in [0.15, 0.2) is 11.5 Å². The Labute approximate surface area is 198 Å². The molecule has 5 rings (SSSR count). The molecule has 34 heavy (non-hydrogen) atoms. The normalized spacial score (nSPS) is 16.5. The first-order valence-electron chi connectivity index (χ1n) is 11.3. The predicted octanol–water partition coefficient (Wildman–Crippen LogP) is 3.10. The van der Waals surface area contributed by atoms with E-state index < -0.39 is 9.84 Å². The van der Waals surface area contributed by atoms with Crippen LogP contribution < -0.4 is 19.1 Å². The molecule has 2 aliphatic heterocycles. The van der Waals surface area contributed by atoms with Gasteiger partial charge in [0, 0.05) is 37.8 Å². The molecule has 2 aliphatic rings. The summed E-state index contributed by atoms with van der Waals surface area (Å²) in [4.78, 5) is 8.70. The van der Waals surface area contributed by atoms with Crippen molar-refractivity contribution in [3.63, 3.8) is 0 Å². The molecular formula is C24H27N3O6S. The summed E-state index contributed by atoms with van der Waals surface area (Å²) in [7, 11) is -1.95. The molecule has 9 nitrogen and oxygen atoms in total. The lowest BCUT2D eigenvalue weighted by Gasteiger charge is -2.32. The summed E-state index contributed by atoms with van der Waals surface area (Å²) < 4.78 is 50.3. The maximum atomic E-state index is 13.8. The lowest BCUT2D eigenvalue weighted by Crippen LogP contribution is -2.44. The first-order chi connectivity index (χ1) is 16.5. The van der Waals surface area contributed by atoms with Crippen molar-refractivity contribution in [1.82, 2.24) is 9.88 Å². The highest BCUT2D eigenvalue weighted by atomic mass is 32.2. The fourth-order valence-corrected chi connectivity index (χ4v) is 5.31. The van der Waals surface area contributed by atoms with Crippen LogP contribution in [0.4, 0.5) is 5.88 Å². The Morgan fingerprint density at radius 2 is 1.68 bits per heavy atom. The van der Waals surface area contributed by atoms with Crippen LogP contribution in [0.5, 0.6) is 17.2 Å². The van der Waals surface area contributed by atoms with E-state index in [4.69, 9.17) is 18.6 Å². The van der Waals surface area contributed by atoms with Gasteiger partial charge in [-0.3, -0.25) is 0 Å². The van der Waals surface area contributed by atoms with E-state index >= 15 is 0 Å². The number of rotatable bonds is 6. The number of aromatic nitrogens is 1. The maximum Gasteiger partial charge on any atom is 0.236 e. The van der Waals surface area contributed by atoms with E-state index in [0.717, 1.165) is 18.8 Å². The molecular weight excluding hydrogens is 458 g/mol. The first kappa shape index (κ1) is 22.5. The van der Waals surface area contributed by atoms with E-state index in [1.165, 1.54) is 12.1 Å². The van der Waals surface area contributed by atoms with Crippen LogP contribution in [-0.4, -0.2) is 71.3 Å². The zero-order valence-electron chi connectivity index (χ0n) is 19.2. The molecule has 0 bridgehead atoms. The summed E-state index contributed by atoms with van der Waals surface area (Å²) in [5, 5.41) is -0.0994. The van der Waals surface area contributed by atoms with Crippen LogP contribution in [0, 0.1) is 0 Å². The molecule has 0 aliphatic carbocycles. The third kappa shape index (κ3) is 4.30. The molecule has 0 N–H and O–H groups in total. The number of benzene rings is 2. The molecule has 1 aromatic heterocycles. The minimum atomic E-state index is -3.99. The van der Waals surface area contributed by atoms with Crippen LogP contribution in [0.15, 0.2) is 56.8 Å². The van der Waals surface area contributed by atoms with Crippen LogP contribution in [0.1, 0.15) is 6.92 Å². The zero-order chi connectivity index (χ0) is 23.7. The minimum Gasteiger partial charge on any atom is -0.494 e. The number of likely N-dealkylation sites (N-methyl/N-ethyl adjacent to an activating group) is 1. The van der Waals surface area contributed by atoms with Crippen molar-refractivity contribution in [2.45, 2.75) is 16.8 Å². The lowest BCUT2D eigenvalue weighted by atomic mass is 10.2. The minimum absolute atomic E-state index is 0.0821. The number of nitrogens with zero attached hydrogens (tertiary/aromatic N) is 3. The van der Waals surface area contributed by atoms with Crippen LogP contribution in [0.3, 0.4) is 0 Å². The number of fused-ring (bicyclic) bond motifs is 1. The number of hydrogen-bond donors (Lipinski definition) is 0. The quantitative estimate of drug-likeness (QED) is 0.522. The summed E-state index contributed by atoms with van der Waals surface area (Å²) in [5.41, 5.74) is 0.669. The van der Waals surface area contributed by atoms with Crippen LogP contribution in [0.25, 0.3) is 11.5 Å². The Morgan fingerprint density at radius 1 is 0.971 bits per heavy atom. The first-order valence-corrected chi connectivity index (χ1v) is 12.8. The van der Waals surface area contributed by atoms with Gasteiger partial charge in [0.2, 0.25) is 26.6 Å². The highest BCUT2D eigenvalue weighted by molar-refractivity contribution is 7.91. The van der Waals surface area contributed by atoms with Gasteiger partial charge in [-0.15, -0.1) is 0 Å². The third-order valence-electron chi connectivity index (χ3n) is 5.86. The molecule has 180 valence electrons. The fourth-order valence-electron chi connectivity index (χ4n) is 3.97. The molecule has 0 unspecified atom stereocenters. The average molecular weight is 486 g/mol. The van der Waals surface area contributed by atoms with E-state index in [9.17, 15) is 8.42 Å². The van der Waals surface area contributed by atoms with Gasteiger partial charge in [-0.25, -0.2) is 8.42 Å². The van der Waals surface area contributed by atoms with Crippen LogP contribution in [0.2, 0.25) is 0 Å². The summed E-state index contributed by atoms with van der Waals surface area (Å²) in [5.74, 6) is 2.16. The standard InChI is InChI=1S/C24H27N3O6S/c1-3-30-18-6-4-17(5-7-18)22-25-23(24(33-22)27-12-10-26(2)11-13-27)34(28,29)19-8-9-20-21(16-19)32-15-14-31-20/h4-9,16H,3,10-15H2,1-2H3. The van der Waals surface area contributed by atoms with Crippen molar-refractivity contribution in [2.75, 3.05) is 57.9 Å². The van der Waals surface area contributed by atoms with Crippen molar-refractivity contribution in [3.05, 3.63) is 42.5 Å². The van der Waals surface area contributed by atoms with Crippen LogP contribution in [-0.2, 0) is 9.84 Å². The van der Waals surface area contributed by atoms with Crippen molar-refractivity contribution in [3.8, 4) is 28.7 Å². The van der Waals surface area contributed by atoms with Gasteiger partial charge in [0.1, 0.15) is 19.0 Å². The molecule has 0 spiro atoms. The van der Waals surface area contributed by atoms with E-state index in [-0.39, 0.29) is 21.7 Å². The number of ether oxygens (including phenoxy) is 3. The fraction of sp³-hybridized carbons (Fsp3) is 0.375. The summed E-state index contributed by atoms with van der Waals surface area (Å²) >= 11 is 0. The van der Waals surface area contributed by atoms with Crippen molar-refractivity contribution in [1.29, 1.82) is 0 Å². The Balaban J connectivity index is 1.57. The van der Waals surface area contributed by atoms with E-state index in [0.29, 0.717) is 50.0 Å². The van der Waals surface area contributed by atoms with Gasteiger partial charge in [-0.05, 0) is 50.4 Å². The van der Waals surface area contributed by atoms with Crippen molar-refractivity contribution >= 4 is 15.7 Å². The smallest absolute Gasteiger partial charge is 0.236 e. The molecule has 3 aromatic rings. The van der Waals surface area contributed by atoms with Crippen molar-refractivity contribution in [2.24, 2.45) is 0 Å². The van der Waals surface area contributed by atoms with E-state index in [1.807, 2.05) is 43.1 Å². The van der Waals surface area contributed by atoms with Crippen molar-refractivity contribution < 1.29 is 27.0 Å². The number of hydrogen-bond acceptors (Lipinski definition) is 9. The number of piperazine rings is 1. The van der Waals surface area contributed by atoms with Gasteiger partial charge in [0.05, 0.1) is 11.5 Å². The zero-order valence-corrected chi connectivity index (χ0v) is 20.0. The molecule has 10 heteroatoms. The predicted molar refractivity (Wildman–Crippen MR) is 126 cm³/mol. The van der Waals surface area contributed by atoms with Gasteiger partial charge in [-0.1, -0.05) is 0 Å². The average Bonchev–Trinajstić information content (AvgIpc) is 3.31. The van der Waals surface area contributed by atoms with Gasteiger partial charge >= 0.3 is 0 Å². The number of sulfone groups is 1. The topological polar surface area (TPSA) is 94.3 Å². The molecule has 1 saturated heterocycles. The number of oxazole rings is 1. The Bertz CT molecular complexity index is 1260. The van der Waals surface area contributed by atoms with Gasteiger partial charge < -0.3 is 28.4 Å². The summed E-state index contributed by atoms with van der Waals surface area (Å²) in [6.07, 6.45) is 0. The van der Waals surface area contributed by atoms with E-state index in [2.05, 4.69) is 9.88 Å². The largest absolute Gasteiger partial charge is 0.494 e. The summed E-state index contributed by atoms with van der Waals surface area (Å²) in [6.45, 7) is 6.14. The third-order valence-corrected chi connectivity index (χ3v) is 7.51. The SMILES string of the molecule is CCOc1ccc(-c2nc(S(=O)(=O)c3ccc4c(c3)OCCO4)c(N3CCN(C)CC3)o2)cc1. The molecule has 0 amide bonds. The molecule has 0 saturated carbocycles. The highest BCUT2D eigenvalue weighted by Gasteiger charge is 2.33. The molecule has 3 heterocycles. The van der Waals surface area contributed by atoms with E-state index in [1.54, 1.807) is 6.07 Å². The highest BCUT2D eigenvalue weighted by Crippen LogP contribution is 2.38. The molecule has 1 fully saturated rings. The molecule has 0 atom stereocenters. The lowest BCUT2D eigenvalue weighted by molar-refractivity contribution is 0.171. The Morgan fingerprint density at radius 3 is 2.38 bits per heavy atom. The second kappa shape index (κ2) is 9.19. The Hall–Kier alpha value is -3.24. The maximum absolute atomic E-state index is 13.8. The molecule has 2 aromatic carbocycles. The number of anilines is 1. The molecule has 0 radical (unpaired) electrons. The van der Waals surface area contributed by atoms with Gasteiger partial charge in [-0.2, -0.15) is 4.98 Å². The second-order valence-corrected chi connectivity index (χ2v) is 10.1.